The molecule has 2 saturated heterocycles. The Hall–Kier alpha value is -2.15. The number of nitrogens with zero attached hydrogens (tertiary/aromatic N) is 3. The quantitative estimate of drug-likeness (QED) is 0.522. The molecule has 1 amide bonds. The van der Waals surface area contributed by atoms with Gasteiger partial charge in [0.2, 0.25) is 0 Å². The van der Waals surface area contributed by atoms with Crippen LogP contribution in [0.25, 0.3) is 0 Å². The van der Waals surface area contributed by atoms with Gasteiger partial charge in [0, 0.05) is 30.8 Å². The van der Waals surface area contributed by atoms with Crippen molar-refractivity contribution in [2.24, 2.45) is 0 Å². The minimum absolute atomic E-state index is 0.0835. The highest BCUT2D eigenvalue weighted by Gasteiger charge is 2.30. The van der Waals surface area contributed by atoms with E-state index in [9.17, 15) is 14.9 Å². The first-order valence-corrected chi connectivity index (χ1v) is 8.13. The fourth-order valence-corrected chi connectivity index (χ4v) is 3.56. The second kappa shape index (κ2) is 6.54. The molecule has 2 N–H and O–H groups in total. The molecular formula is C16H22N4O3. The third kappa shape index (κ3) is 3.29. The van der Waals surface area contributed by atoms with Crippen molar-refractivity contribution < 1.29 is 9.72 Å². The van der Waals surface area contributed by atoms with Gasteiger partial charge in [-0.1, -0.05) is 0 Å². The van der Waals surface area contributed by atoms with Crippen LogP contribution in [0.1, 0.15) is 36.0 Å². The fraction of sp³-hybridized carbons (Fsp3) is 0.562. The van der Waals surface area contributed by atoms with E-state index in [-0.39, 0.29) is 17.3 Å². The average molecular weight is 318 g/mol. The smallest absolute Gasteiger partial charge is 0.292 e. The molecule has 3 rings (SSSR count). The Labute approximate surface area is 135 Å². The lowest BCUT2D eigenvalue weighted by Gasteiger charge is -2.37. The van der Waals surface area contributed by atoms with Gasteiger partial charge in [-0.3, -0.25) is 19.8 Å². The van der Waals surface area contributed by atoms with Gasteiger partial charge in [-0.2, -0.15) is 0 Å². The summed E-state index contributed by atoms with van der Waals surface area (Å²) in [6.45, 7) is 3.64. The summed E-state index contributed by atoms with van der Waals surface area (Å²) in [5, 5.41) is 11.0. The van der Waals surface area contributed by atoms with Crippen molar-refractivity contribution in [2.45, 2.75) is 31.7 Å². The maximum absolute atomic E-state index is 12.7. The van der Waals surface area contributed by atoms with Gasteiger partial charge < -0.3 is 10.6 Å². The number of piperidine rings is 1. The van der Waals surface area contributed by atoms with Crippen LogP contribution in [0.2, 0.25) is 0 Å². The van der Waals surface area contributed by atoms with E-state index in [2.05, 4.69) is 4.90 Å². The third-order valence-corrected chi connectivity index (χ3v) is 4.81. The topological polar surface area (TPSA) is 92.7 Å². The van der Waals surface area contributed by atoms with Crippen molar-refractivity contribution in [3.8, 4) is 0 Å². The second-order valence-electron chi connectivity index (χ2n) is 6.32. The van der Waals surface area contributed by atoms with Crippen molar-refractivity contribution in [3.63, 3.8) is 0 Å². The van der Waals surface area contributed by atoms with E-state index >= 15 is 0 Å². The van der Waals surface area contributed by atoms with Crippen LogP contribution in [0, 0.1) is 10.1 Å². The molecule has 2 aliphatic heterocycles. The molecule has 7 nitrogen and oxygen atoms in total. The van der Waals surface area contributed by atoms with Crippen molar-refractivity contribution in [1.29, 1.82) is 0 Å². The van der Waals surface area contributed by atoms with E-state index < -0.39 is 4.92 Å². The van der Waals surface area contributed by atoms with Crippen molar-refractivity contribution in [3.05, 3.63) is 33.9 Å². The number of nitrogen functional groups attached to an aromatic ring is 1. The number of hydrogen-bond acceptors (Lipinski definition) is 5. The SMILES string of the molecule is Nc1ccc(C(=O)N2CCCC(N3CCCC3)C2)cc1[N+](=O)[O-]. The zero-order valence-electron chi connectivity index (χ0n) is 13.1. The number of amides is 1. The van der Waals surface area contributed by atoms with E-state index in [1.165, 1.54) is 25.0 Å². The van der Waals surface area contributed by atoms with Crippen LogP contribution in [-0.2, 0) is 0 Å². The maximum atomic E-state index is 12.7. The van der Waals surface area contributed by atoms with Gasteiger partial charge >= 0.3 is 0 Å². The molecule has 0 saturated carbocycles. The number of hydrogen-bond donors (Lipinski definition) is 1. The zero-order valence-corrected chi connectivity index (χ0v) is 13.1. The molecule has 2 fully saturated rings. The summed E-state index contributed by atoms with van der Waals surface area (Å²) in [5.41, 5.74) is 5.82. The number of likely N-dealkylation sites (tertiary alicyclic amines) is 2. The van der Waals surface area contributed by atoms with Crippen LogP contribution in [-0.4, -0.2) is 52.9 Å². The molecular weight excluding hydrogens is 296 g/mol. The molecule has 0 aliphatic carbocycles. The van der Waals surface area contributed by atoms with Gasteiger partial charge in [0.15, 0.2) is 0 Å². The molecule has 124 valence electrons. The standard InChI is InChI=1S/C16H22N4O3/c17-14-6-5-12(10-15(14)20(22)23)16(21)19-9-3-4-13(11-19)18-7-1-2-8-18/h5-6,10,13H,1-4,7-9,11,17H2. The Morgan fingerprint density at radius 3 is 2.65 bits per heavy atom. The van der Waals surface area contributed by atoms with Crippen molar-refractivity contribution in [1.82, 2.24) is 9.80 Å². The van der Waals surface area contributed by atoms with E-state index in [1.807, 2.05) is 4.90 Å². The lowest BCUT2D eigenvalue weighted by Crippen LogP contribution is -2.49. The lowest BCUT2D eigenvalue weighted by molar-refractivity contribution is -0.383. The van der Waals surface area contributed by atoms with E-state index in [0.29, 0.717) is 24.7 Å². The summed E-state index contributed by atoms with van der Waals surface area (Å²) in [4.78, 5) is 27.4. The molecule has 7 heteroatoms. The summed E-state index contributed by atoms with van der Waals surface area (Å²) in [5.74, 6) is -0.142. The number of anilines is 1. The molecule has 0 radical (unpaired) electrons. The first-order chi connectivity index (χ1) is 11.1. The van der Waals surface area contributed by atoms with Gasteiger partial charge in [-0.05, 0) is 50.9 Å². The fourth-order valence-electron chi connectivity index (χ4n) is 3.56. The molecule has 0 spiro atoms. The van der Waals surface area contributed by atoms with Crippen molar-refractivity contribution in [2.75, 3.05) is 31.9 Å². The summed E-state index contributed by atoms with van der Waals surface area (Å²) in [6.07, 6.45) is 4.55. The zero-order chi connectivity index (χ0) is 16.4. The van der Waals surface area contributed by atoms with Crippen LogP contribution >= 0.6 is 0 Å². The first-order valence-electron chi connectivity index (χ1n) is 8.13. The van der Waals surface area contributed by atoms with Crippen LogP contribution < -0.4 is 5.73 Å². The van der Waals surface area contributed by atoms with Crippen LogP contribution in [0.15, 0.2) is 18.2 Å². The van der Waals surface area contributed by atoms with Gasteiger partial charge in [0.25, 0.3) is 11.6 Å². The summed E-state index contributed by atoms with van der Waals surface area (Å²) in [6, 6.07) is 4.72. The summed E-state index contributed by atoms with van der Waals surface area (Å²) in [7, 11) is 0. The van der Waals surface area contributed by atoms with Gasteiger partial charge in [-0.15, -0.1) is 0 Å². The Balaban J connectivity index is 1.74. The molecule has 23 heavy (non-hydrogen) atoms. The van der Waals surface area contributed by atoms with E-state index in [1.54, 1.807) is 6.07 Å². The van der Waals surface area contributed by atoms with Gasteiger partial charge in [0.1, 0.15) is 5.69 Å². The highest BCUT2D eigenvalue weighted by atomic mass is 16.6. The van der Waals surface area contributed by atoms with Gasteiger partial charge in [-0.25, -0.2) is 0 Å². The average Bonchev–Trinajstić information content (AvgIpc) is 3.09. The van der Waals surface area contributed by atoms with Crippen LogP contribution in [0.3, 0.4) is 0 Å². The monoisotopic (exact) mass is 318 g/mol. The number of carbonyl (C=O) groups excluding carboxylic acids is 1. The van der Waals surface area contributed by atoms with Gasteiger partial charge in [0.05, 0.1) is 4.92 Å². The number of nitro groups is 1. The number of carbonyl (C=O) groups is 1. The van der Waals surface area contributed by atoms with Crippen molar-refractivity contribution >= 4 is 17.3 Å². The number of benzene rings is 1. The minimum atomic E-state index is -0.546. The normalized spacial score (nSPS) is 22.3. The molecule has 1 atom stereocenters. The van der Waals surface area contributed by atoms with Crippen LogP contribution in [0.4, 0.5) is 11.4 Å². The van der Waals surface area contributed by atoms with E-state index in [0.717, 1.165) is 25.9 Å². The highest BCUT2D eigenvalue weighted by Crippen LogP contribution is 2.25. The minimum Gasteiger partial charge on any atom is -0.393 e. The van der Waals surface area contributed by atoms with E-state index in [4.69, 9.17) is 5.73 Å². The highest BCUT2D eigenvalue weighted by molar-refractivity contribution is 5.95. The Bertz CT molecular complexity index is 613. The Morgan fingerprint density at radius 1 is 1.22 bits per heavy atom. The predicted molar refractivity (Wildman–Crippen MR) is 87.2 cm³/mol. The number of nitrogens with two attached hydrogens (primary N) is 1. The largest absolute Gasteiger partial charge is 0.393 e. The maximum Gasteiger partial charge on any atom is 0.292 e. The Morgan fingerprint density at radius 2 is 1.96 bits per heavy atom. The first kappa shape index (κ1) is 15.7. The molecule has 0 aromatic heterocycles. The molecule has 2 aliphatic rings. The molecule has 0 bridgehead atoms. The summed E-state index contributed by atoms with van der Waals surface area (Å²) < 4.78 is 0. The lowest BCUT2D eigenvalue weighted by atomic mass is 10.0. The van der Waals surface area contributed by atoms with Crippen LogP contribution in [0.5, 0.6) is 0 Å². The molecule has 1 aromatic rings. The summed E-state index contributed by atoms with van der Waals surface area (Å²) >= 11 is 0. The molecule has 1 aromatic carbocycles. The number of rotatable bonds is 3. The Kier molecular flexibility index (Phi) is 4.47. The third-order valence-electron chi connectivity index (χ3n) is 4.81. The molecule has 1 unspecified atom stereocenters. The second-order valence-corrected chi connectivity index (χ2v) is 6.32. The molecule has 2 heterocycles. The number of nitro benzene ring substituents is 1. The predicted octanol–water partition coefficient (Wildman–Crippen LogP) is 1.88.